The second-order valence-electron chi connectivity index (χ2n) is 16.7. The van der Waals surface area contributed by atoms with Gasteiger partial charge >= 0.3 is 18.5 Å². The lowest BCUT2D eigenvalue weighted by molar-refractivity contribution is -0.274. The standard InChI is InChI=1S/C39H46F4N8O5/c1-37(2,3)56-36(52)50-23-9-10-24(50)21-48(20-23)34-26-18-44-33(31(40)32(26)46-35(47-34)54-22-38-13-6-15-49(38)16-7-14-38)30-25-19-45-51(29-8-4-5-17-53-29)27(25)11-12-28(30)55-39(41,42)43/h11-12,18-19,23-24,29H,4-10,13-17,20-22H2,1-3H3/t23-,24+,29?. The maximum absolute atomic E-state index is 17.3. The zero-order valence-electron chi connectivity index (χ0n) is 31.8. The number of carbonyl (C=O) groups excluding carboxylic acids is 1. The van der Waals surface area contributed by atoms with Crippen molar-refractivity contribution in [2.75, 3.05) is 44.3 Å². The Morgan fingerprint density at radius 2 is 1.71 bits per heavy atom. The van der Waals surface area contributed by atoms with Crippen LogP contribution in [0.5, 0.6) is 11.8 Å². The van der Waals surface area contributed by atoms with E-state index in [1.165, 1.54) is 18.5 Å². The number of hydrogen-bond donors (Lipinski definition) is 0. The molecule has 9 rings (SSSR count). The van der Waals surface area contributed by atoms with E-state index < -0.39 is 29.8 Å². The van der Waals surface area contributed by atoms with Gasteiger partial charge in [-0.3, -0.25) is 14.8 Å². The average Bonchev–Trinajstić information content (AvgIpc) is 3.91. The second-order valence-corrected chi connectivity index (χ2v) is 16.7. The molecule has 5 aliphatic rings. The molecule has 5 saturated heterocycles. The second kappa shape index (κ2) is 13.9. The molecule has 0 N–H and O–H groups in total. The van der Waals surface area contributed by atoms with Crippen LogP contribution in [0.2, 0.25) is 0 Å². The van der Waals surface area contributed by atoms with Gasteiger partial charge in [-0.25, -0.2) is 13.9 Å². The largest absolute Gasteiger partial charge is 0.573 e. The first kappa shape index (κ1) is 37.1. The van der Waals surface area contributed by atoms with Crippen molar-refractivity contribution in [3.05, 3.63) is 30.3 Å². The highest BCUT2D eigenvalue weighted by molar-refractivity contribution is 6.00. The normalized spacial score (nSPS) is 23.9. The first-order valence-corrected chi connectivity index (χ1v) is 19.7. The number of aromatic nitrogens is 5. The van der Waals surface area contributed by atoms with E-state index in [1.807, 2.05) is 25.7 Å². The topological polar surface area (TPSA) is 120 Å². The summed E-state index contributed by atoms with van der Waals surface area (Å²) in [5.41, 5.74) is -1.10. The molecule has 1 amide bonds. The predicted molar refractivity (Wildman–Crippen MR) is 197 cm³/mol. The summed E-state index contributed by atoms with van der Waals surface area (Å²) in [7, 11) is 0. The van der Waals surface area contributed by atoms with Gasteiger partial charge in [0.1, 0.15) is 35.0 Å². The van der Waals surface area contributed by atoms with Gasteiger partial charge < -0.3 is 23.8 Å². The molecular formula is C39H46F4N8O5. The van der Waals surface area contributed by atoms with Gasteiger partial charge in [0, 0.05) is 31.3 Å². The molecule has 0 saturated carbocycles. The predicted octanol–water partition coefficient (Wildman–Crippen LogP) is 7.37. The van der Waals surface area contributed by atoms with E-state index in [0.29, 0.717) is 44.1 Å². The molecule has 3 atom stereocenters. The van der Waals surface area contributed by atoms with Crippen molar-refractivity contribution in [2.24, 2.45) is 0 Å². The van der Waals surface area contributed by atoms with Crippen LogP contribution in [0.15, 0.2) is 24.5 Å². The quantitative estimate of drug-likeness (QED) is 0.175. The number of ether oxygens (including phenoxy) is 4. The molecule has 5 aliphatic heterocycles. The van der Waals surface area contributed by atoms with Gasteiger partial charge in [-0.1, -0.05) is 0 Å². The monoisotopic (exact) mass is 782 g/mol. The maximum atomic E-state index is 17.3. The van der Waals surface area contributed by atoms with Gasteiger partial charge in [0.25, 0.3) is 0 Å². The number of amides is 1. The van der Waals surface area contributed by atoms with Crippen LogP contribution in [-0.2, 0) is 9.47 Å². The molecule has 17 heteroatoms. The molecule has 5 fully saturated rings. The number of fused-ring (bicyclic) bond motifs is 5. The smallest absolute Gasteiger partial charge is 0.461 e. The number of carbonyl (C=O) groups is 1. The first-order valence-electron chi connectivity index (χ1n) is 19.7. The van der Waals surface area contributed by atoms with Gasteiger partial charge in [0.2, 0.25) is 0 Å². The molecule has 0 spiro atoms. The van der Waals surface area contributed by atoms with Gasteiger partial charge in [0.05, 0.1) is 40.3 Å². The number of alkyl halides is 3. The Morgan fingerprint density at radius 1 is 0.964 bits per heavy atom. The van der Waals surface area contributed by atoms with Crippen molar-refractivity contribution in [3.8, 4) is 23.0 Å². The summed E-state index contributed by atoms with van der Waals surface area (Å²) in [4.78, 5) is 33.5. The summed E-state index contributed by atoms with van der Waals surface area (Å²) in [6, 6.07) is 2.24. The molecule has 2 bridgehead atoms. The zero-order chi connectivity index (χ0) is 39.0. The molecule has 0 radical (unpaired) electrons. The van der Waals surface area contributed by atoms with Crippen LogP contribution in [0.3, 0.4) is 0 Å². The molecule has 0 aliphatic carbocycles. The third-order valence-corrected chi connectivity index (χ3v) is 11.9. The first-order chi connectivity index (χ1) is 26.8. The number of rotatable bonds is 7. The van der Waals surface area contributed by atoms with E-state index in [1.54, 1.807) is 9.58 Å². The lowest BCUT2D eigenvalue weighted by Crippen LogP contribution is -2.57. The summed E-state index contributed by atoms with van der Waals surface area (Å²) in [6.45, 7) is 9.11. The Balaban J connectivity index is 1.15. The van der Waals surface area contributed by atoms with E-state index in [0.717, 1.165) is 70.5 Å². The highest BCUT2D eigenvalue weighted by atomic mass is 19.4. The van der Waals surface area contributed by atoms with Gasteiger partial charge in [-0.05, 0) is 104 Å². The number of anilines is 1. The Kier molecular flexibility index (Phi) is 9.17. The van der Waals surface area contributed by atoms with E-state index in [4.69, 9.17) is 19.2 Å². The molecule has 3 aromatic heterocycles. The third-order valence-electron chi connectivity index (χ3n) is 11.9. The average molecular weight is 783 g/mol. The van der Waals surface area contributed by atoms with Crippen molar-refractivity contribution in [1.82, 2.24) is 34.5 Å². The number of benzene rings is 1. The molecule has 1 aromatic carbocycles. The summed E-state index contributed by atoms with van der Waals surface area (Å²) in [6.07, 6.45) is 4.96. The van der Waals surface area contributed by atoms with Crippen molar-refractivity contribution in [2.45, 2.75) is 114 Å². The number of piperazine rings is 1. The lowest BCUT2D eigenvalue weighted by atomic mass is 9.95. The SMILES string of the molecule is CC(C)(C)OC(=O)N1[C@@H]2CC[C@H]1CN(c1nc(OCC34CCCN3CCC4)nc3c(F)c(-c4c(OC(F)(F)F)ccc5c4cnn5C4CCCCO4)ncc13)C2. The summed E-state index contributed by atoms with van der Waals surface area (Å²) in [5.74, 6) is -1.20. The fourth-order valence-electron chi connectivity index (χ4n) is 9.55. The minimum atomic E-state index is -5.07. The third kappa shape index (κ3) is 6.73. The van der Waals surface area contributed by atoms with Gasteiger partial charge in [0.15, 0.2) is 12.0 Å². The van der Waals surface area contributed by atoms with Crippen molar-refractivity contribution in [1.29, 1.82) is 0 Å². The van der Waals surface area contributed by atoms with Gasteiger partial charge in [-0.2, -0.15) is 15.1 Å². The summed E-state index contributed by atoms with van der Waals surface area (Å²) >= 11 is 0. The van der Waals surface area contributed by atoms with Crippen LogP contribution in [-0.4, -0.2) is 110 Å². The Hall–Kier alpha value is -4.51. The molecular weight excluding hydrogens is 736 g/mol. The molecule has 8 heterocycles. The van der Waals surface area contributed by atoms with Crippen LogP contribution >= 0.6 is 0 Å². The highest BCUT2D eigenvalue weighted by Crippen LogP contribution is 2.44. The minimum absolute atomic E-state index is 0.0363. The number of pyridine rings is 1. The van der Waals surface area contributed by atoms with E-state index in [2.05, 4.69) is 24.7 Å². The highest BCUT2D eigenvalue weighted by Gasteiger charge is 2.47. The molecule has 4 aromatic rings. The van der Waals surface area contributed by atoms with E-state index >= 15 is 4.39 Å². The number of hydrogen-bond acceptors (Lipinski definition) is 11. The summed E-state index contributed by atoms with van der Waals surface area (Å²) in [5, 5.41) is 4.96. The fourth-order valence-corrected chi connectivity index (χ4v) is 9.55. The number of nitrogens with zero attached hydrogens (tertiary/aromatic N) is 8. The minimum Gasteiger partial charge on any atom is -0.461 e. The lowest BCUT2D eigenvalue weighted by Gasteiger charge is -2.42. The van der Waals surface area contributed by atoms with E-state index in [-0.39, 0.29) is 57.3 Å². The maximum Gasteiger partial charge on any atom is 0.573 e. The molecule has 56 heavy (non-hydrogen) atoms. The van der Waals surface area contributed by atoms with Crippen LogP contribution in [0, 0.1) is 5.82 Å². The molecule has 300 valence electrons. The van der Waals surface area contributed by atoms with Gasteiger partial charge in [-0.15, -0.1) is 13.2 Å². The van der Waals surface area contributed by atoms with Crippen LogP contribution in [0.4, 0.5) is 28.2 Å². The Morgan fingerprint density at radius 3 is 2.39 bits per heavy atom. The van der Waals surface area contributed by atoms with Crippen LogP contribution in [0.1, 0.15) is 84.8 Å². The molecule has 13 nitrogen and oxygen atoms in total. The fraction of sp³-hybridized carbons (Fsp3) is 0.615. The van der Waals surface area contributed by atoms with E-state index in [9.17, 15) is 18.0 Å². The summed E-state index contributed by atoms with van der Waals surface area (Å²) < 4.78 is 83.1. The van der Waals surface area contributed by atoms with Crippen LogP contribution in [0.25, 0.3) is 33.1 Å². The van der Waals surface area contributed by atoms with Crippen molar-refractivity contribution >= 4 is 33.7 Å². The van der Waals surface area contributed by atoms with Crippen molar-refractivity contribution in [3.63, 3.8) is 0 Å². The van der Waals surface area contributed by atoms with Crippen LogP contribution < -0.4 is 14.4 Å². The Labute approximate surface area is 321 Å². The zero-order valence-corrected chi connectivity index (χ0v) is 31.8. The van der Waals surface area contributed by atoms with Crippen molar-refractivity contribution < 1.29 is 41.3 Å². The Bertz CT molecular complexity index is 2130. The number of halogens is 4. The molecule has 1 unspecified atom stereocenters.